The minimum absolute atomic E-state index is 0.0578. The maximum Gasteiger partial charge on any atom is 0.238 e. The number of amides is 1. The molecule has 0 spiro atoms. The zero-order valence-electron chi connectivity index (χ0n) is 11.2. The SMILES string of the molecule is CCN(CC)CC(=O)Nc1cccc(C)c1C. The number of rotatable bonds is 5. The summed E-state index contributed by atoms with van der Waals surface area (Å²) in [5.41, 5.74) is 3.26. The fourth-order valence-electron chi connectivity index (χ4n) is 1.73. The molecule has 0 aliphatic rings. The first kappa shape index (κ1) is 13.7. The van der Waals surface area contributed by atoms with Crippen LogP contribution in [0.3, 0.4) is 0 Å². The van der Waals surface area contributed by atoms with Gasteiger partial charge in [0, 0.05) is 5.69 Å². The molecule has 0 radical (unpaired) electrons. The Kier molecular flexibility index (Phi) is 5.16. The van der Waals surface area contributed by atoms with Gasteiger partial charge in [-0.05, 0) is 44.1 Å². The number of carbonyl (C=O) groups is 1. The Labute approximate surface area is 104 Å². The average molecular weight is 234 g/mol. The van der Waals surface area contributed by atoms with Crippen molar-refractivity contribution >= 4 is 11.6 Å². The summed E-state index contributed by atoms with van der Waals surface area (Å²) in [6.45, 7) is 10.5. The van der Waals surface area contributed by atoms with E-state index in [1.807, 2.05) is 19.1 Å². The van der Waals surface area contributed by atoms with Crippen LogP contribution in [0, 0.1) is 13.8 Å². The van der Waals surface area contributed by atoms with Crippen molar-refractivity contribution < 1.29 is 4.79 Å². The Balaban J connectivity index is 2.65. The number of benzene rings is 1. The minimum Gasteiger partial charge on any atom is -0.325 e. The summed E-state index contributed by atoms with van der Waals surface area (Å²) in [5.74, 6) is 0.0578. The first-order valence-electron chi connectivity index (χ1n) is 6.16. The molecule has 17 heavy (non-hydrogen) atoms. The average Bonchev–Trinajstić information content (AvgIpc) is 2.32. The molecule has 0 unspecified atom stereocenters. The molecule has 3 heteroatoms. The van der Waals surface area contributed by atoms with E-state index in [9.17, 15) is 4.79 Å². The lowest BCUT2D eigenvalue weighted by Crippen LogP contribution is -2.33. The molecule has 0 fully saturated rings. The fourth-order valence-corrected chi connectivity index (χ4v) is 1.73. The monoisotopic (exact) mass is 234 g/mol. The molecule has 1 aromatic carbocycles. The van der Waals surface area contributed by atoms with Gasteiger partial charge in [0.15, 0.2) is 0 Å². The van der Waals surface area contributed by atoms with Gasteiger partial charge in [0.1, 0.15) is 0 Å². The Morgan fingerprint density at radius 1 is 1.24 bits per heavy atom. The molecule has 0 aromatic heterocycles. The number of aryl methyl sites for hydroxylation is 1. The van der Waals surface area contributed by atoms with Crippen molar-refractivity contribution in [3.8, 4) is 0 Å². The second kappa shape index (κ2) is 6.40. The van der Waals surface area contributed by atoms with Crippen LogP contribution in [0.4, 0.5) is 5.69 Å². The minimum atomic E-state index is 0.0578. The molecule has 94 valence electrons. The van der Waals surface area contributed by atoms with Gasteiger partial charge in [0.25, 0.3) is 0 Å². The van der Waals surface area contributed by atoms with Crippen LogP contribution in [-0.4, -0.2) is 30.4 Å². The van der Waals surface area contributed by atoms with Crippen molar-refractivity contribution in [2.45, 2.75) is 27.7 Å². The second-order valence-electron chi connectivity index (χ2n) is 4.26. The van der Waals surface area contributed by atoms with Crippen molar-refractivity contribution in [3.63, 3.8) is 0 Å². The van der Waals surface area contributed by atoms with Crippen molar-refractivity contribution in [1.29, 1.82) is 0 Å². The highest BCUT2D eigenvalue weighted by Crippen LogP contribution is 2.17. The standard InChI is InChI=1S/C14H22N2O/c1-5-16(6-2)10-14(17)15-13-9-7-8-11(3)12(13)4/h7-9H,5-6,10H2,1-4H3,(H,15,17). The molecule has 1 rings (SSSR count). The summed E-state index contributed by atoms with van der Waals surface area (Å²) in [5, 5.41) is 2.97. The molecule has 0 saturated carbocycles. The molecule has 0 aliphatic heterocycles. The first-order chi connectivity index (χ1) is 8.08. The van der Waals surface area contributed by atoms with E-state index in [2.05, 4.69) is 37.1 Å². The molecule has 1 amide bonds. The van der Waals surface area contributed by atoms with Crippen molar-refractivity contribution in [3.05, 3.63) is 29.3 Å². The maximum absolute atomic E-state index is 11.9. The number of carbonyl (C=O) groups excluding carboxylic acids is 1. The molecule has 1 aromatic rings. The van der Waals surface area contributed by atoms with Crippen LogP contribution in [0.5, 0.6) is 0 Å². The third kappa shape index (κ3) is 3.86. The third-order valence-corrected chi connectivity index (χ3v) is 3.14. The highest BCUT2D eigenvalue weighted by Gasteiger charge is 2.09. The predicted molar refractivity (Wildman–Crippen MR) is 72.3 cm³/mol. The van der Waals surface area contributed by atoms with E-state index in [1.54, 1.807) is 0 Å². The lowest BCUT2D eigenvalue weighted by molar-refractivity contribution is -0.117. The normalized spacial score (nSPS) is 10.6. The zero-order valence-corrected chi connectivity index (χ0v) is 11.2. The van der Waals surface area contributed by atoms with Gasteiger partial charge in [-0.1, -0.05) is 26.0 Å². The quantitative estimate of drug-likeness (QED) is 0.849. The number of nitrogens with zero attached hydrogens (tertiary/aromatic N) is 1. The molecule has 3 nitrogen and oxygen atoms in total. The summed E-state index contributed by atoms with van der Waals surface area (Å²) in [7, 11) is 0. The molecule has 1 N–H and O–H groups in total. The van der Waals surface area contributed by atoms with Crippen molar-refractivity contribution in [2.24, 2.45) is 0 Å². The third-order valence-electron chi connectivity index (χ3n) is 3.14. The van der Waals surface area contributed by atoms with Crippen molar-refractivity contribution in [1.82, 2.24) is 4.90 Å². The molecular formula is C14H22N2O. The van der Waals surface area contributed by atoms with E-state index in [4.69, 9.17) is 0 Å². The molecule has 0 atom stereocenters. The van der Waals surface area contributed by atoms with Crippen LogP contribution in [0.15, 0.2) is 18.2 Å². The second-order valence-corrected chi connectivity index (χ2v) is 4.26. The van der Waals surface area contributed by atoms with Gasteiger partial charge < -0.3 is 5.32 Å². The highest BCUT2D eigenvalue weighted by atomic mass is 16.2. The number of hydrogen-bond donors (Lipinski definition) is 1. The van der Waals surface area contributed by atoms with E-state index < -0.39 is 0 Å². The van der Waals surface area contributed by atoms with Gasteiger partial charge in [-0.15, -0.1) is 0 Å². The Hall–Kier alpha value is -1.35. The molecule has 0 bridgehead atoms. The molecule has 0 saturated heterocycles. The van der Waals surface area contributed by atoms with E-state index in [1.165, 1.54) is 5.56 Å². The van der Waals surface area contributed by atoms with E-state index in [-0.39, 0.29) is 5.91 Å². The van der Waals surface area contributed by atoms with Crippen LogP contribution in [0.2, 0.25) is 0 Å². The van der Waals surface area contributed by atoms with Crippen LogP contribution < -0.4 is 5.32 Å². The van der Waals surface area contributed by atoms with Gasteiger partial charge in [0.05, 0.1) is 6.54 Å². The largest absolute Gasteiger partial charge is 0.325 e. The summed E-state index contributed by atoms with van der Waals surface area (Å²) in [4.78, 5) is 13.9. The molecule has 0 aliphatic carbocycles. The van der Waals surface area contributed by atoms with Crippen LogP contribution in [0.1, 0.15) is 25.0 Å². The van der Waals surface area contributed by atoms with E-state index >= 15 is 0 Å². The maximum atomic E-state index is 11.9. The van der Waals surface area contributed by atoms with Gasteiger partial charge in [-0.3, -0.25) is 9.69 Å². The molecule has 0 heterocycles. The summed E-state index contributed by atoms with van der Waals surface area (Å²) >= 11 is 0. The smallest absolute Gasteiger partial charge is 0.238 e. The van der Waals surface area contributed by atoms with Gasteiger partial charge in [-0.25, -0.2) is 0 Å². The van der Waals surface area contributed by atoms with Crippen LogP contribution in [0.25, 0.3) is 0 Å². The number of likely N-dealkylation sites (N-methyl/N-ethyl adjacent to an activating group) is 1. The van der Waals surface area contributed by atoms with Crippen LogP contribution in [-0.2, 0) is 4.79 Å². The van der Waals surface area contributed by atoms with Crippen LogP contribution >= 0.6 is 0 Å². The van der Waals surface area contributed by atoms with Crippen molar-refractivity contribution in [2.75, 3.05) is 25.0 Å². The Morgan fingerprint density at radius 3 is 2.47 bits per heavy atom. The summed E-state index contributed by atoms with van der Waals surface area (Å²) in [6, 6.07) is 5.97. The highest BCUT2D eigenvalue weighted by molar-refractivity contribution is 5.93. The summed E-state index contributed by atoms with van der Waals surface area (Å²) < 4.78 is 0. The number of nitrogens with one attached hydrogen (secondary N) is 1. The lowest BCUT2D eigenvalue weighted by atomic mass is 10.1. The number of anilines is 1. The first-order valence-corrected chi connectivity index (χ1v) is 6.16. The lowest BCUT2D eigenvalue weighted by Gasteiger charge is -2.18. The van der Waals surface area contributed by atoms with Gasteiger partial charge >= 0.3 is 0 Å². The molecular weight excluding hydrogens is 212 g/mol. The Bertz CT molecular complexity index is 384. The van der Waals surface area contributed by atoms with Gasteiger partial charge in [-0.2, -0.15) is 0 Å². The van der Waals surface area contributed by atoms with E-state index in [0.29, 0.717) is 6.54 Å². The summed E-state index contributed by atoms with van der Waals surface area (Å²) in [6.07, 6.45) is 0. The number of hydrogen-bond acceptors (Lipinski definition) is 2. The fraction of sp³-hybridized carbons (Fsp3) is 0.500. The topological polar surface area (TPSA) is 32.3 Å². The zero-order chi connectivity index (χ0) is 12.8. The Morgan fingerprint density at radius 2 is 1.88 bits per heavy atom. The predicted octanol–water partition coefficient (Wildman–Crippen LogP) is 2.58. The van der Waals surface area contributed by atoms with Gasteiger partial charge in [0.2, 0.25) is 5.91 Å². The van der Waals surface area contributed by atoms with E-state index in [0.717, 1.165) is 24.3 Å².